The zero-order chi connectivity index (χ0) is 21.4. The predicted molar refractivity (Wildman–Crippen MR) is 121 cm³/mol. The number of benzene rings is 2. The molecule has 1 unspecified atom stereocenters. The summed E-state index contributed by atoms with van der Waals surface area (Å²) in [6.07, 6.45) is 8.52. The Morgan fingerprint density at radius 3 is 2.74 bits per heavy atom. The largest absolute Gasteiger partial charge is 0.494 e. The third-order valence-corrected chi connectivity index (χ3v) is 6.13. The highest BCUT2D eigenvalue weighted by molar-refractivity contribution is 6.29. The van der Waals surface area contributed by atoms with Gasteiger partial charge in [0.15, 0.2) is 0 Å². The van der Waals surface area contributed by atoms with Crippen LogP contribution in [0.3, 0.4) is 0 Å². The van der Waals surface area contributed by atoms with E-state index in [1.165, 1.54) is 11.3 Å². The maximum absolute atomic E-state index is 13.5. The molecule has 2 heterocycles. The number of anilines is 1. The Balaban J connectivity index is 1.55. The van der Waals surface area contributed by atoms with Gasteiger partial charge in [-0.1, -0.05) is 23.7 Å². The summed E-state index contributed by atoms with van der Waals surface area (Å²) in [6.45, 7) is 0.538. The number of rotatable bonds is 4. The highest BCUT2D eigenvalue weighted by Crippen LogP contribution is 2.43. The summed E-state index contributed by atoms with van der Waals surface area (Å²) in [7, 11) is 1.65. The van der Waals surface area contributed by atoms with Crippen molar-refractivity contribution in [2.75, 3.05) is 18.7 Å². The van der Waals surface area contributed by atoms with Gasteiger partial charge >= 0.3 is 0 Å². The Morgan fingerprint density at radius 2 is 2.00 bits per heavy atom. The van der Waals surface area contributed by atoms with Gasteiger partial charge in [0.25, 0.3) is 0 Å². The molecule has 0 amide bonds. The number of ether oxygens (including phenoxy) is 1. The second-order valence-corrected chi connectivity index (χ2v) is 8.14. The van der Waals surface area contributed by atoms with Crippen molar-refractivity contribution in [2.24, 2.45) is 4.99 Å². The van der Waals surface area contributed by atoms with Crippen molar-refractivity contribution in [3.63, 3.8) is 0 Å². The van der Waals surface area contributed by atoms with Crippen LogP contribution < -0.4 is 9.64 Å². The zero-order valence-corrected chi connectivity index (χ0v) is 17.9. The first kappa shape index (κ1) is 19.8. The second kappa shape index (κ2) is 8.19. The normalized spacial score (nSPS) is 18.3. The van der Waals surface area contributed by atoms with Crippen molar-refractivity contribution >= 4 is 23.5 Å². The van der Waals surface area contributed by atoms with E-state index in [2.05, 4.69) is 20.9 Å². The van der Waals surface area contributed by atoms with Gasteiger partial charge < -0.3 is 14.2 Å². The number of halogens is 2. The molecule has 2 aliphatic rings. The van der Waals surface area contributed by atoms with E-state index in [1.807, 2.05) is 35.0 Å². The number of aromatic nitrogens is 2. The molecule has 158 valence electrons. The summed E-state index contributed by atoms with van der Waals surface area (Å²) >= 11 is 5.99. The molecule has 31 heavy (non-hydrogen) atoms. The molecule has 1 aliphatic heterocycles. The summed E-state index contributed by atoms with van der Waals surface area (Å²) in [4.78, 5) is 10.9. The fourth-order valence-electron chi connectivity index (χ4n) is 4.50. The van der Waals surface area contributed by atoms with E-state index in [-0.39, 0.29) is 11.7 Å². The molecule has 0 spiro atoms. The maximum atomic E-state index is 13.5. The monoisotopic (exact) mass is 436 g/mol. The SMILES string of the molecule is COc1cc(N2CN=CC3=C2C(c2ccc(F)cc2)CCC3)ccc1-n1cnc(Cl)c1. The fraction of sp³-hybridized carbons (Fsp3) is 0.250. The Bertz CT molecular complexity index is 1170. The van der Waals surface area contributed by atoms with Gasteiger partial charge in [-0.15, -0.1) is 0 Å². The fourth-order valence-corrected chi connectivity index (χ4v) is 4.65. The van der Waals surface area contributed by atoms with Crippen molar-refractivity contribution in [2.45, 2.75) is 25.2 Å². The second-order valence-electron chi connectivity index (χ2n) is 7.75. The minimum Gasteiger partial charge on any atom is -0.494 e. The number of hydrogen-bond acceptors (Lipinski definition) is 4. The molecular weight excluding hydrogens is 415 g/mol. The number of aliphatic imine (C=N–C) groups is 1. The minimum atomic E-state index is -0.212. The van der Waals surface area contributed by atoms with Crippen LogP contribution in [0.2, 0.25) is 5.15 Å². The third-order valence-electron chi connectivity index (χ3n) is 5.94. The summed E-state index contributed by atoms with van der Waals surface area (Å²) in [5.41, 5.74) is 5.49. The van der Waals surface area contributed by atoms with Crippen molar-refractivity contribution in [3.8, 4) is 11.4 Å². The zero-order valence-electron chi connectivity index (χ0n) is 17.1. The first-order valence-electron chi connectivity index (χ1n) is 10.3. The first-order chi connectivity index (χ1) is 15.1. The summed E-state index contributed by atoms with van der Waals surface area (Å²) in [5, 5.41) is 0.427. The van der Waals surface area contributed by atoms with Crippen LogP contribution in [-0.4, -0.2) is 29.5 Å². The van der Waals surface area contributed by atoms with E-state index in [0.717, 1.165) is 42.0 Å². The molecule has 7 heteroatoms. The van der Waals surface area contributed by atoms with Crippen LogP contribution in [0.25, 0.3) is 5.69 Å². The van der Waals surface area contributed by atoms with Gasteiger partial charge in [-0.25, -0.2) is 9.37 Å². The number of imidazole rings is 1. The van der Waals surface area contributed by atoms with Crippen LogP contribution in [0, 0.1) is 5.82 Å². The van der Waals surface area contributed by atoms with Crippen LogP contribution in [0.1, 0.15) is 30.7 Å². The first-order valence-corrected chi connectivity index (χ1v) is 10.7. The Morgan fingerprint density at radius 1 is 1.16 bits per heavy atom. The lowest BCUT2D eigenvalue weighted by molar-refractivity contribution is 0.413. The topological polar surface area (TPSA) is 42.6 Å². The van der Waals surface area contributed by atoms with Crippen LogP contribution in [0.5, 0.6) is 5.75 Å². The lowest BCUT2D eigenvalue weighted by Gasteiger charge is -2.38. The maximum Gasteiger partial charge on any atom is 0.147 e. The van der Waals surface area contributed by atoms with Gasteiger partial charge in [0.05, 0.1) is 12.8 Å². The average Bonchev–Trinajstić information content (AvgIpc) is 3.24. The molecule has 0 radical (unpaired) electrons. The van der Waals surface area contributed by atoms with Crippen molar-refractivity contribution in [1.82, 2.24) is 9.55 Å². The van der Waals surface area contributed by atoms with Crippen LogP contribution >= 0.6 is 11.6 Å². The van der Waals surface area contributed by atoms with Crippen molar-refractivity contribution < 1.29 is 9.13 Å². The van der Waals surface area contributed by atoms with E-state index < -0.39 is 0 Å². The molecule has 0 fully saturated rings. The molecule has 1 aromatic heterocycles. The Labute approximate surface area is 185 Å². The van der Waals surface area contributed by atoms with Crippen LogP contribution in [0.4, 0.5) is 10.1 Å². The van der Waals surface area contributed by atoms with Crippen LogP contribution in [0.15, 0.2) is 71.3 Å². The molecular formula is C24H22ClFN4O. The molecule has 2 aromatic carbocycles. The number of allylic oxidation sites excluding steroid dienone is 2. The standard InChI is InChI=1S/C24H22ClFN4O/c1-31-22-11-19(9-10-21(22)29-13-23(25)28-15-29)30-14-27-12-17-3-2-4-20(24(17)30)16-5-7-18(26)8-6-16/h5-13,15,20H,2-4,14H2,1H3. The van der Waals surface area contributed by atoms with Crippen molar-refractivity contribution in [1.29, 1.82) is 0 Å². The van der Waals surface area contributed by atoms with E-state index >= 15 is 0 Å². The van der Waals surface area contributed by atoms with E-state index in [9.17, 15) is 4.39 Å². The van der Waals surface area contributed by atoms with Gasteiger partial charge in [-0.3, -0.25) is 4.99 Å². The Hall–Kier alpha value is -3.12. The predicted octanol–water partition coefficient (Wildman–Crippen LogP) is 5.74. The third kappa shape index (κ3) is 3.72. The molecule has 5 nitrogen and oxygen atoms in total. The molecule has 1 aliphatic carbocycles. The van der Waals surface area contributed by atoms with E-state index in [0.29, 0.717) is 11.8 Å². The van der Waals surface area contributed by atoms with Gasteiger partial charge in [0, 0.05) is 35.8 Å². The molecule has 3 aromatic rings. The van der Waals surface area contributed by atoms with Crippen LogP contribution in [-0.2, 0) is 0 Å². The van der Waals surface area contributed by atoms with Crippen molar-refractivity contribution in [3.05, 3.63) is 82.8 Å². The quantitative estimate of drug-likeness (QED) is 0.523. The molecule has 0 N–H and O–H groups in total. The Kier molecular flexibility index (Phi) is 5.24. The molecule has 0 bridgehead atoms. The highest BCUT2D eigenvalue weighted by Gasteiger charge is 2.31. The van der Waals surface area contributed by atoms with Gasteiger partial charge in [-0.05, 0) is 54.7 Å². The molecule has 5 rings (SSSR count). The molecule has 1 atom stereocenters. The smallest absolute Gasteiger partial charge is 0.147 e. The highest BCUT2D eigenvalue weighted by atomic mass is 35.5. The summed E-state index contributed by atoms with van der Waals surface area (Å²) < 4.78 is 21.0. The minimum absolute atomic E-state index is 0.203. The van der Waals surface area contributed by atoms with Gasteiger partial charge in [0.2, 0.25) is 0 Å². The number of hydrogen-bond donors (Lipinski definition) is 0. The lowest BCUT2D eigenvalue weighted by atomic mass is 9.81. The summed E-state index contributed by atoms with van der Waals surface area (Å²) in [6, 6.07) is 13.0. The number of methoxy groups -OCH3 is 1. The van der Waals surface area contributed by atoms with E-state index in [1.54, 1.807) is 31.8 Å². The molecule has 0 saturated heterocycles. The summed E-state index contributed by atoms with van der Waals surface area (Å²) in [5.74, 6) is 0.711. The molecule has 0 saturated carbocycles. The van der Waals surface area contributed by atoms with Gasteiger partial charge in [0.1, 0.15) is 29.7 Å². The van der Waals surface area contributed by atoms with Gasteiger partial charge in [-0.2, -0.15) is 0 Å². The number of nitrogens with zero attached hydrogens (tertiary/aromatic N) is 4. The lowest BCUT2D eigenvalue weighted by Crippen LogP contribution is -2.33. The van der Waals surface area contributed by atoms with E-state index in [4.69, 9.17) is 16.3 Å². The average molecular weight is 437 g/mol.